The maximum absolute atomic E-state index is 4.51. The molecule has 4 unspecified atom stereocenters. The fraction of sp³-hybridized carbons (Fsp3) is 0.762. The van der Waals surface area contributed by atoms with E-state index in [0.29, 0.717) is 30.0 Å². The minimum atomic E-state index is 0.473. The largest absolute Gasteiger partial charge is 0.356 e. The van der Waals surface area contributed by atoms with Crippen LogP contribution in [0.25, 0.3) is 0 Å². The predicted molar refractivity (Wildman–Crippen MR) is 117 cm³/mol. The molecule has 152 valence electrons. The molecule has 3 rings (SSSR count). The molecule has 0 aliphatic carbocycles. The third-order valence-electron chi connectivity index (χ3n) is 6.29. The lowest BCUT2D eigenvalue weighted by Crippen LogP contribution is -2.49. The highest BCUT2D eigenvalue weighted by Crippen LogP contribution is 2.36. The summed E-state index contributed by atoms with van der Waals surface area (Å²) in [6, 6.07) is 6.07. The molecule has 1 aromatic heterocycles. The zero-order chi connectivity index (χ0) is 19.4. The summed E-state index contributed by atoms with van der Waals surface area (Å²) in [6.07, 6.45) is 2.55. The van der Waals surface area contributed by atoms with Crippen molar-refractivity contribution in [3.8, 4) is 0 Å². The van der Waals surface area contributed by atoms with Crippen LogP contribution in [-0.4, -0.2) is 68.1 Å². The topological polar surface area (TPSA) is 42.9 Å². The van der Waals surface area contributed by atoms with Crippen molar-refractivity contribution >= 4 is 17.3 Å². The Morgan fingerprint density at radius 1 is 1.37 bits per heavy atom. The highest BCUT2D eigenvalue weighted by molar-refractivity contribution is 7.10. The Labute approximate surface area is 169 Å². The van der Waals surface area contributed by atoms with E-state index in [1.165, 1.54) is 30.8 Å². The number of hydrogen-bond acceptors (Lipinski definition) is 4. The first-order valence-electron chi connectivity index (χ1n) is 10.4. The molecule has 4 atom stereocenters. The molecule has 3 heterocycles. The molecule has 2 saturated heterocycles. The van der Waals surface area contributed by atoms with Gasteiger partial charge in [-0.05, 0) is 63.6 Å². The van der Waals surface area contributed by atoms with Gasteiger partial charge in [0.25, 0.3) is 0 Å². The van der Waals surface area contributed by atoms with Gasteiger partial charge >= 0.3 is 0 Å². The Kier molecular flexibility index (Phi) is 7.17. The van der Waals surface area contributed by atoms with Crippen LogP contribution in [0.1, 0.15) is 44.5 Å². The molecule has 0 saturated carbocycles. The monoisotopic (exact) mass is 391 g/mol. The molecular weight excluding hydrogens is 354 g/mol. The summed E-state index contributed by atoms with van der Waals surface area (Å²) in [6.45, 7) is 11.3. The molecule has 0 bridgehead atoms. The van der Waals surface area contributed by atoms with Gasteiger partial charge < -0.3 is 10.6 Å². The number of thiophene rings is 1. The molecule has 0 spiro atoms. The van der Waals surface area contributed by atoms with Gasteiger partial charge in [-0.3, -0.25) is 14.8 Å². The van der Waals surface area contributed by atoms with E-state index in [-0.39, 0.29) is 0 Å². The van der Waals surface area contributed by atoms with Gasteiger partial charge in [-0.25, -0.2) is 0 Å². The second-order valence-electron chi connectivity index (χ2n) is 8.57. The summed E-state index contributed by atoms with van der Waals surface area (Å²) in [7, 11) is 4.16. The number of nitrogens with zero attached hydrogens (tertiary/aromatic N) is 3. The lowest BCUT2D eigenvalue weighted by atomic mass is 9.88. The van der Waals surface area contributed by atoms with E-state index in [2.05, 4.69) is 70.8 Å². The highest BCUT2D eigenvalue weighted by atomic mass is 32.1. The average Bonchev–Trinajstić information content (AvgIpc) is 3.28. The summed E-state index contributed by atoms with van der Waals surface area (Å²) in [5, 5.41) is 9.53. The van der Waals surface area contributed by atoms with E-state index in [4.69, 9.17) is 0 Å². The summed E-state index contributed by atoms with van der Waals surface area (Å²) < 4.78 is 0. The number of aliphatic imine (C=N–C) groups is 1. The molecule has 2 N–H and O–H groups in total. The first-order valence-corrected chi connectivity index (χ1v) is 11.3. The van der Waals surface area contributed by atoms with Gasteiger partial charge in [-0.1, -0.05) is 13.0 Å². The quantitative estimate of drug-likeness (QED) is 0.598. The van der Waals surface area contributed by atoms with Crippen molar-refractivity contribution in [1.82, 2.24) is 20.4 Å². The second-order valence-corrected chi connectivity index (χ2v) is 9.55. The molecule has 2 aliphatic heterocycles. The van der Waals surface area contributed by atoms with E-state index in [1.54, 1.807) is 0 Å². The lowest BCUT2D eigenvalue weighted by molar-refractivity contribution is 0.125. The second kappa shape index (κ2) is 9.39. The fourth-order valence-electron chi connectivity index (χ4n) is 4.59. The maximum atomic E-state index is 4.51. The molecule has 0 radical (unpaired) electrons. The molecular formula is C21H37N5S. The normalized spacial score (nSPS) is 30.8. The first kappa shape index (κ1) is 20.6. The van der Waals surface area contributed by atoms with Gasteiger partial charge in [-0.15, -0.1) is 11.3 Å². The molecule has 2 aliphatic rings. The Bertz CT molecular complexity index is 600. The molecule has 5 nitrogen and oxygen atoms in total. The summed E-state index contributed by atoms with van der Waals surface area (Å²) in [4.78, 5) is 11.1. The van der Waals surface area contributed by atoms with E-state index in [9.17, 15) is 0 Å². The van der Waals surface area contributed by atoms with Gasteiger partial charge in [0.05, 0.1) is 0 Å². The van der Waals surface area contributed by atoms with Crippen LogP contribution in [0.4, 0.5) is 0 Å². The van der Waals surface area contributed by atoms with Crippen LogP contribution in [-0.2, 0) is 0 Å². The van der Waals surface area contributed by atoms with Crippen molar-refractivity contribution < 1.29 is 0 Å². The minimum absolute atomic E-state index is 0.473. The van der Waals surface area contributed by atoms with Crippen molar-refractivity contribution in [3.05, 3.63) is 22.4 Å². The van der Waals surface area contributed by atoms with E-state index < -0.39 is 0 Å². The maximum Gasteiger partial charge on any atom is 0.191 e. The van der Waals surface area contributed by atoms with Crippen molar-refractivity contribution in [3.63, 3.8) is 0 Å². The molecule has 0 aromatic carbocycles. The van der Waals surface area contributed by atoms with Crippen LogP contribution in [0.5, 0.6) is 0 Å². The van der Waals surface area contributed by atoms with Gasteiger partial charge in [0, 0.05) is 49.7 Å². The molecule has 27 heavy (non-hydrogen) atoms. The number of hydrogen-bond donors (Lipinski definition) is 2. The summed E-state index contributed by atoms with van der Waals surface area (Å²) in [5.41, 5.74) is 0. The molecule has 1 aromatic rings. The zero-order valence-electron chi connectivity index (χ0n) is 17.6. The van der Waals surface area contributed by atoms with Crippen molar-refractivity contribution in [2.45, 2.75) is 51.7 Å². The average molecular weight is 392 g/mol. The standard InChI is InChI=1S/C21H37N5S/c1-15(2)26-13-16(3)18(14-26)24-21(22-4)23-12-17-8-6-10-25(5)20(17)19-9-7-11-27-19/h7,9,11,15-18,20H,6,8,10,12-14H2,1-5H3,(H2,22,23,24). The third-order valence-corrected chi connectivity index (χ3v) is 7.23. The number of nitrogens with one attached hydrogen (secondary N) is 2. The van der Waals surface area contributed by atoms with Gasteiger partial charge in [0.15, 0.2) is 5.96 Å². The van der Waals surface area contributed by atoms with E-state index >= 15 is 0 Å². The van der Waals surface area contributed by atoms with Gasteiger partial charge in [0.1, 0.15) is 0 Å². The summed E-state index contributed by atoms with van der Waals surface area (Å²) >= 11 is 1.89. The van der Waals surface area contributed by atoms with E-state index in [0.717, 1.165) is 19.0 Å². The SMILES string of the molecule is CN=C(NCC1CCCN(C)C1c1cccs1)NC1CN(C(C)C)CC1C. The zero-order valence-corrected chi connectivity index (χ0v) is 18.4. The Hall–Kier alpha value is -1.11. The van der Waals surface area contributed by atoms with Crippen LogP contribution in [0.3, 0.4) is 0 Å². The van der Waals surface area contributed by atoms with Crippen molar-refractivity contribution in [2.75, 3.05) is 40.3 Å². The van der Waals surface area contributed by atoms with Crippen molar-refractivity contribution in [1.29, 1.82) is 0 Å². The van der Waals surface area contributed by atoms with Crippen LogP contribution < -0.4 is 10.6 Å². The number of likely N-dealkylation sites (tertiary alicyclic amines) is 2. The Morgan fingerprint density at radius 2 is 2.19 bits per heavy atom. The number of guanidine groups is 1. The smallest absolute Gasteiger partial charge is 0.191 e. The Morgan fingerprint density at radius 3 is 2.81 bits per heavy atom. The van der Waals surface area contributed by atoms with Gasteiger partial charge in [-0.2, -0.15) is 0 Å². The Balaban J connectivity index is 1.57. The van der Waals surface area contributed by atoms with Crippen LogP contribution in [0.2, 0.25) is 0 Å². The lowest BCUT2D eigenvalue weighted by Gasteiger charge is -2.39. The van der Waals surface area contributed by atoms with Crippen LogP contribution in [0.15, 0.2) is 22.5 Å². The molecule has 6 heteroatoms. The van der Waals surface area contributed by atoms with Crippen LogP contribution in [0, 0.1) is 11.8 Å². The minimum Gasteiger partial charge on any atom is -0.356 e. The summed E-state index contributed by atoms with van der Waals surface area (Å²) in [5.74, 6) is 2.22. The predicted octanol–water partition coefficient (Wildman–Crippen LogP) is 3.02. The molecule has 2 fully saturated rings. The fourth-order valence-corrected chi connectivity index (χ4v) is 5.58. The van der Waals surface area contributed by atoms with E-state index in [1.807, 2.05) is 18.4 Å². The van der Waals surface area contributed by atoms with Crippen molar-refractivity contribution in [2.24, 2.45) is 16.8 Å². The first-order chi connectivity index (χ1) is 13.0. The number of rotatable bonds is 5. The van der Waals surface area contributed by atoms with Gasteiger partial charge in [0.2, 0.25) is 0 Å². The third kappa shape index (κ3) is 5.04. The van der Waals surface area contributed by atoms with Crippen LogP contribution >= 0.6 is 11.3 Å². The number of piperidine rings is 1. The highest BCUT2D eigenvalue weighted by Gasteiger charge is 2.33. The molecule has 0 amide bonds.